The van der Waals surface area contributed by atoms with Gasteiger partial charge in [0, 0.05) is 17.3 Å². The van der Waals surface area contributed by atoms with Crippen LogP contribution in [0.4, 0.5) is 0 Å². The average molecular weight is 247 g/mol. The largest absolute Gasteiger partial charge is 0.310 e. The fourth-order valence-corrected chi connectivity index (χ4v) is 3.67. The number of nitrogens with zero attached hydrogens (tertiary/aromatic N) is 2. The molecule has 1 aromatic rings. The number of rotatable bonds is 3. The van der Waals surface area contributed by atoms with Crippen LogP contribution in [0.3, 0.4) is 0 Å². The van der Waals surface area contributed by atoms with Crippen molar-refractivity contribution in [3.05, 3.63) is 17.5 Å². The van der Waals surface area contributed by atoms with Gasteiger partial charge in [-0.15, -0.1) is 0 Å². The molecule has 0 aliphatic heterocycles. The first kappa shape index (κ1) is 12.2. The predicted molar refractivity (Wildman–Crippen MR) is 73.7 cm³/mol. The van der Waals surface area contributed by atoms with E-state index in [2.05, 4.69) is 23.1 Å². The summed E-state index contributed by atoms with van der Waals surface area (Å²) < 4.78 is 2.37. The molecule has 18 heavy (non-hydrogen) atoms. The van der Waals surface area contributed by atoms with E-state index in [1.807, 2.05) is 0 Å². The number of aromatic nitrogens is 2. The van der Waals surface area contributed by atoms with E-state index in [4.69, 9.17) is 5.10 Å². The summed E-state index contributed by atoms with van der Waals surface area (Å²) in [4.78, 5) is 0. The summed E-state index contributed by atoms with van der Waals surface area (Å²) in [6.07, 6.45) is 12.8. The highest BCUT2D eigenvalue weighted by Gasteiger charge is 2.26. The molecule has 1 atom stereocenters. The van der Waals surface area contributed by atoms with Crippen LogP contribution in [0.2, 0.25) is 0 Å². The van der Waals surface area contributed by atoms with Crippen LogP contribution in [0.5, 0.6) is 0 Å². The van der Waals surface area contributed by atoms with Crippen molar-refractivity contribution in [2.45, 2.75) is 70.4 Å². The number of hydrogen-bond acceptors (Lipinski definition) is 2. The Kier molecular flexibility index (Phi) is 3.69. The smallest absolute Gasteiger partial charge is 0.0540 e. The van der Waals surface area contributed by atoms with E-state index in [0.717, 1.165) is 6.54 Å². The Labute approximate surface area is 110 Å². The summed E-state index contributed by atoms with van der Waals surface area (Å²) in [5.74, 6) is 0. The number of nitrogens with one attached hydrogen (secondary N) is 1. The number of hydrogen-bond donors (Lipinski definition) is 1. The molecule has 0 bridgehead atoms. The molecule has 1 heterocycles. The average Bonchev–Trinajstić information content (AvgIpc) is 2.98. The van der Waals surface area contributed by atoms with Crippen molar-refractivity contribution >= 4 is 0 Å². The van der Waals surface area contributed by atoms with Gasteiger partial charge in [-0.2, -0.15) is 5.10 Å². The van der Waals surface area contributed by atoms with E-state index >= 15 is 0 Å². The number of fused-ring (bicyclic) bond motifs is 1. The summed E-state index contributed by atoms with van der Waals surface area (Å²) in [6.45, 7) is 3.25. The molecular weight excluding hydrogens is 222 g/mol. The van der Waals surface area contributed by atoms with E-state index in [1.165, 1.54) is 62.6 Å². The van der Waals surface area contributed by atoms with Gasteiger partial charge in [0.05, 0.1) is 12.2 Å². The Hall–Kier alpha value is -0.830. The van der Waals surface area contributed by atoms with Gasteiger partial charge in [-0.05, 0) is 38.6 Å². The minimum Gasteiger partial charge on any atom is -0.310 e. The van der Waals surface area contributed by atoms with Gasteiger partial charge in [0.2, 0.25) is 0 Å². The molecular formula is C15H25N3. The molecule has 1 aromatic heterocycles. The first-order valence-corrected chi connectivity index (χ1v) is 7.69. The molecule has 2 aliphatic rings. The Balaban J connectivity index is 1.89. The molecule has 1 N–H and O–H groups in total. The van der Waals surface area contributed by atoms with Crippen LogP contribution in [0.1, 0.15) is 75.2 Å². The quantitative estimate of drug-likeness (QED) is 0.830. The van der Waals surface area contributed by atoms with Gasteiger partial charge in [-0.1, -0.05) is 26.2 Å². The third kappa shape index (κ3) is 2.20. The van der Waals surface area contributed by atoms with Crippen LogP contribution in [-0.4, -0.2) is 16.3 Å². The first-order valence-electron chi connectivity index (χ1n) is 7.69. The lowest BCUT2D eigenvalue weighted by atomic mass is 10.1. The Morgan fingerprint density at radius 2 is 2.00 bits per heavy atom. The van der Waals surface area contributed by atoms with Crippen molar-refractivity contribution in [3.63, 3.8) is 0 Å². The van der Waals surface area contributed by atoms with Crippen LogP contribution >= 0.6 is 0 Å². The molecule has 100 valence electrons. The second kappa shape index (κ2) is 5.43. The molecule has 3 heteroatoms. The maximum atomic E-state index is 4.73. The minimum absolute atomic E-state index is 0.544. The molecule has 0 spiro atoms. The maximum absolute atomic E-state index is 4.73. The molecule has 0 radical (unpaired) electrons. The fraction of sp³-hybridized carbons (Fsp3) is 0.800. The third-order valence-electron chi connectivity index (χ3n) is 4.58. The lowest BCUT2D eigenvalue weighted by molar-refractivity contribution is 0.447. The molecule has 0 amide bonds. The fourth-order valence-electron chi connectivity index (χ4n) is 3.67. The summed E-state index contributed by atoms with van der Waals surface area (Å²) in [5, 5.41) is 8.36. The van der Waals surface area contributed by atoms with Gasteiger partial charge in [0.15, 0.2) is 0 Å². The summed E-state index contributed by atoms with van der Waals surface area (Å²) in [7, 11) is 0. The lowest BCUT2D eigenvalue weighted by Crippen LogP contribution is -2.21. The molecule has 3 nitrogen and oxygen atoms in total. The highest BCUT2D eigenvalue weighted by atomic mass is 15.3. The molecule has 1 unspecified atom stereocenters. The van der Waals surface area contributed by atoms with Gasteiger partial charge in [0.25, 0.3) is 0 Å². The van der Waals surface area contributed by atoms with Gasteiger partial charge in [-0.25, -0.2) is 0 Å². The zero-order valence-corrected chi connectivity index (χ0v) is 11.5. The molecule has 0 aromatic carbocycles. The van der Waals surface area contributed by atoms with Crippen LogP contribution in [0.15, 0.2) is 6.20 Å². The van der Waals surface area contributed by atoms with E-state index in [0.29, 0.717) is 12.1 Å². The van der Waals surface area contributed by atoms with Crippen LogP contribution in [0.25, 0.3) is 0 Å². The topological polar surface area (TPSA) is 29.9 Å². The summed E-state index contributed by atoms with van der Waals surface area (Å²) in [5.41, 5.74) is 3.02. The second-order valence-electron chi connectivity index (χ2n) is 5.79. The van der Waals surface area contributed by atoms with Gasteiger partial charge in [0.1, 0.15) is 0 Å². The minimum atomic E-state index is 0.544. The molecule has 1 saturated carbocycles. The normalized spacial score (nSPS) is 25.1. The van der Waals surface area contributed by atoms with E-state index < -0.39 is 0 Å². The molecule has 0 saturated heterocycles. The maximum Gasteiger partial charge on any atom is 0.0540 e. The summed E-state index contributed by atoms with van der Waals surface area (Å²) >= 11 is 0. The van der Waals surface area contributed by atoms with Crippen molar-refractivity contribution in [2.24, 2.45) is 0 Å². The molecule has 3 rings (SSSR count). The molecule has 1 fully saturated rings. The van der Waals surface area contributed by atoms with Gasteiger partial charge in [-0.3, -0.25) is 4.68 Å². The van der Waals surface area contributed by atoms with E-state index in [-0.39, 0.29) is 0 Å². The van der Waals surface area contributed by atoms with Crippen molar-refractivity contribution in [1.82, 2.24) is 15.1 Å². The van der Waals surface area contributed by atoms with Crippen molar-refractivity contribution in [2.75, 3.05) is 6.54 Å². The van der Waals surface area contributed by atoms with E-state index in [1.54, 1.807) is 0 Å². The van der Waals surface area contributed by atoms with Crippen molar-refractivity contribution in [3.8, 4) is 0 Å². The Bertz CT molecular complexity index is 390. The van der Waals surface area contributed by atoms with Crippen LogP contribution in [-0.2, 0) is 6.42 Å². The zero-order chi connectivity index (χ0) is 12.4. The van der Waals surface area contributed by atoms with Gasteiger partial charge >= 0.3 is 0 Å². The first-order chi connectivity index (χ1) is 8.90. The highest BCUT2D eigenvalue weighted by molar-refractivity contribution is 5.24. The standard InChI is InChI=1S/C15H25N3/c1-2-16-14-9-5-6-10-15-13(14)11-17-18(15)12-7-3-4-8-12/h11-12,14,16H,2-10H2,1H3. The van der Waals surface area contributed by atoms with Crippen molar-refractivity contribution in [1.29, 1.82) is 0 Å². The van der Waals surface area contributed by atoms with Crippen LogP contribution in [0, 0.1) is 0 Å². The lowest BCUT2D eigenvalue weighted by Gasteiger charge is -2.17. The van der Waals surface area contributed by atoms with Crippen LogP contribution < -0.4 is 5.32 Å². The second-order valence-corrected chi connectivity index (χ2v) is 5.79. The Morgan fingerprint density at radius 1 is 1.22 bits per heavy atom. The zero-order valence-electron chi connectivity index (χ0n) is 11.5. The third-order valence-corrected chi connectivity index (χ3v) is 4.58. The Morgan fingerprint density at radius 3 is 2.78 bits per heavy atom. The van der Waals surface area contributed by atoms with E-state index in [9.17, 15) is 0 Å². The van der Waals surface area contributed by atoms with Crippen molar-refractivity contribution < 1.29 is 0 Å². The van der Waals surface area contributed by atoms with Gasteiger partial charge < -0.3 is 5.32 Å². The summed E-state index contributed by atoms with van der Waals surface area (Å²) in [6, 6.07) is 1.23. The molecule has 2 aliphatic carbocycles. The monoisotopic (exact) mass is 247 g/mol. The highest BCUT2D eigenvalue weighted by Crippen LogP contribution is 2.35. The SMILES string of the molecule is CCNC1CCCCc2c1cnn2C1CCCC1. The predicted octanol–water partition coefficient (Wildman–Crippen LogP) is 3.38.